The molecule has 0 bridgehead atoms. The van der Waals surface area contributed by atoms with Gasteiger partial charge in [0.1, 0.15) is 0 Å². The van der Waals surface area contributed by atoms with Gasteiger partial charge in [0.05, 0.1) is 0 Å². The predicted octanol–water partition coefficient (Wildman–Crippen LogP) is 3.35. The fourth-order valence-corrected chi connectivity index (χ4v) is 2.45. The molecule has 0 aromatic heterocycles. The highest BCUT2D eigenvalue weighted by molar-refractivity contribution is 5.91. The molecule has 2 rings (SSSR count). The first kappa shape index (κ1) is 19.9. The Hall–Kier alpha value is -2.11. The highest BCUT2D eigenvalue weighted by Crippen LogP contribution is 2.37. The minimum atomic E-state index is -0.478. The standard InChI is InChI=1S/C18H21NO4.ClH/c1-11(20)22-16-8-13-6-5-7-15(18(3,4)10-19)14(13)9-17(16)23-12(2)21;/h5-9H,10,19H2,1-4H3;1H. The monoisotopic (exact) mass is 351 g/mol. The van der Waals surface area contributed by atoms with Crippen LogP contribution in [0.4, 0.5) is 0 Å². The van der Waals surface area contributed by atoms with Crippen LogP contribution in [0.2, 0.25) is 0 Å². The molecular formula is C18H22ClNO4. The fourth-order valence-electron chi connectivity index (χ4n) is 2.45. The number of hydrogen-bond donors (Lipinski definition) is 1. The number of rotatable bonds is 4. The van der Waals surface area contributed by atoms with Gasteiger partial charge < -0.3 is 15.2 Å². The molecule has 2 aromatic rings. The summed E-state index contributed by atoms with van der Waals surface area (Å²) in [6, 6.07) is 9.26. The molecule has 0 unspecified atom stereocenters. The molecule has 0 aliphatic carbocycles. The number of nitrogens with two attached hydrogens (primary N) is 1. The molecule has 0 saturated carbocycles. The van der Waals surface area contributed by atoms with Gasteiger partial charge in [-0.1, -0.05) is 32.0 Å². The summed E-state index contributed by atoms with van der Waals surface area (Å²) in [5.74, 6) is -0.507. The molecular weight excluding hydrogens is 330 g/mol. The third kappa shape index (κ3) is 4.24. The summed E-state index contributed by atoms with van der Waals surface area (Å²) in [7, 11) is 0. The quantitative estimate of drug-likeness (QED) is 0.675. The van der Waals surface area contributed by atoms with Gasteiger partial charge in [0.15, 0.2) is 11.5 Å². The first-order chi connectivity index (χ1) is 10.7. The second kappa shape index (κ2) is 7.64. The lowest BCUT2D eigenvalue weighted by molar-refractivity contribution is -0.134. The summed E-state index contributed by atoms with van der Waals surface area (Å²) in [5, 5.41) is 1.80. The number of hydrogen-bond acceptors (Lipinski definition) is 5. The van der Waals surface area contributed by atoms with Crippen LogP contribution >= 0.6 is 12.4 Å². The third-order valence-electron chi connectivity index (χ3n) is 3.69. The highest BCUT2D eigenvalue weighted by Gasteiger charge is 2.22. The number of carbonyl (C=O) groups excluding carboxylic acids is 2. The molecule has 0 heterocycles. The minimum absolute atomic E-state index is 0. The average Bonchev–Trinajstić information content (AvgIpc) is 2.46. The number of halogens is 1. The van der Waals surface area contributed by atoms with Crippen LogP contribution in [-0.4, -0.2) is 18.5 Å². The van der Waals surface area contributed by atoms with Crippen molar-refractivity contribution in [2.75, 3.05) is 6.54 Å². The van der Waals surface area contributed by atoms with Gasteiger partial charge in [-0.25, -0.2) is 0 Å². The van der Waals surface area contributed by atoms with E-state index in [1.165, 1.54) is 13.8 Å². The Balaban J connectivity index is 0.00000288. The normalized spacial score (nSPS) is 10.9. The first-order valence-corrected chi connectivity index (χ1v) is 7.39. The molecule has 0 aliphatic rings. The zero-order valence-electron chi connectivity index (χ0n) is 14.2. The zero-order valence-corrected chi connectivity index (χ0v) is 15.0. The van der Waals surface area contributed by atoms with Crippen molar-refractivity contribution < 1.29 is 19.1 Å². The van der Waals surface area contributed by atoms with Crippen molar-refractivity contribution in [3.8, 4) is 11.5 Å². The van der Waals surface area contributed by atoms with Crippen molar-refractivity contribution in [2.45, 2.75) is 33.1 Å². The van der Waals surface area contributed by atoms with Crippen LogP contribution in [0.15, 0.2) is 30.3 Å². The molecule has 0 radical (unpaired) electrons. The summed E-state index contributed by atoms with van der Waals surface area (Å²) in [6.07, 6.45) is 0. The first-order valence-electron chi connectivity index (χ1n) is 7.39. The Bertz CT molecular complexity index is 771. The molecule has 130 valence electrons. The molecule has 2 N–H and O–H groups in total. The number of ether oxygens (including phenoxy) is 2. The lowest BCUT2D eigenvalue weighted by atomic mass is 9.82. The van der Waals surface area contributed by atoms with E-state index in [2.05, 4.69) is 0 Å². The Morgan fingerprint density at radius 2 is 1.58 bits per heavy atom. The van der Waals surface area contributed by atoms with E-state index in [0.717, 1.165) is 16.3 Å². The van der Waals surface area contributed by atoms with Crippen LogP contribution in [-0.2, 0) is 15.0 Å². The van der Waals surface area contributed by atoms with E-state index < -0.39 is 11.9 Å². The maximum absolute atomic E-state index is 11.3. The second-order valence-corrected chi connectivity index (χ2v) is 6.10. The maximum Gasteiger partial charge on any atom is 0.308 e. The van der Waals surface area contributed by atoms with Gasteiger partial charge in [0.2, 0.25) is 0 Å². The van der Waals surface area contributed by atoms with Crippen molar-refractivity contribution in [1.82, 2.24) is 0 Å². The maximum atomic E-state index is 11.3. The van der Waals surface area contributed by atoms with Gasteiger partial charge in [0.25, 0.3) is 0 Å². The summed E-state index contributed by atoms with van der Waals surface area (Å²) < 4.78 is 10.4. The molecule has 0 spiro atoms. The fraction of sp³-hybridized carbons (Fsp3) is 0.333. The van der Waals surface area contributed by atoms with E-state index >= 15 is 0 Å². The summed E-state index contributed by atoms with van der Waals surface area (Å²) in [4.78, 5) is 22.6. The molecule has 0 saturated heterocycles. The van der Waals surface area contributed by atoms with Gasteiger partial charge in [-0.2, -0.15) is 0 Å². The summed E-state index contributed by atoms with van der Waals surface area (Å²) in [6.45, 7) is 7.17. The van der Waals surface area contributed by atoms with Gasteiger partial charge >= 0.3 is 11.9 Å². The molecule has 6 heteroatoms. The topological polar surface area (TPSA) is 78.6 Å². The Kier molecular flexibility index (Phi) is 6.35. The van der Waals surface area contributed by atoms with Crippen molar-refractivity contribution >= 4 is 35.1 Å². The smallest absolute Gasteiger partial charge is 0.308 e. The van der Waals surface area contributed by atoms with E-state index in [4.69, 9.17) is 15.2 Å². The number of carbonyl (C=O) groups is 2. The van der Waals surface area contributed by atoms with Gasteiger partial charge in [-0.05, 0) is 28.5 Å². The SMILES string of the molecule is CC(=O)Oc1cc2cccc(C(C)(C)CN)c2cc1OC(C)=O.Cl. The van der Waals surface area contributed by atoms with Crippen LogP contribution < -0.4 is 15.2 Å². The summed E-state index contributed by atoms with van der Waals surface area (Å²) in [5.41, 5.74) is 6.69. The molecule has 5 nitrogen and oxygen atoms in total. The Morgan fingerprint density at radius 3 is 2.08 bits per heavy atom. The average molecular weight is 352 g/mol. The van der Waals surface area contributed by atoms with Crippen LogP contribution in [0.25, 0.3) is 10.8 Å². The van der Waals surface area contributed by atoms with Crippen LogP contribution in [0.1, 0.15) is 33.3 Å². The minimum Gasteiger partial charge on any atom is -0.423 e. The van der Waals surface area contributed by atoms with Crippen molar-refractivity contribution in [3.05, 3.63) is 35.9 Å². The van der Waals surface area contributed by atoms with Gasteiger partial charge in [0, 0.05) is 25.8 Å². The molecule has 0 amide bonds. The molecule has 24 heavy (non-hydrogen) atoms. The molecule has 0 aliphatic heterocycles. The van der Waals surface area contributed by atoms with Crippen LogP contribution in [0, 0.1) is 0 Å². The van der Waals surface area contributed by atoms with E-state index in [1.807, 2.05) is 32.0 Å². The Labute approximate surface area is 147 Å². The number of esters is 2. The van der Waals surface area contributed by atoms with E-state index in [-0.39, 0.29) is 29.3 Å². The summed E-state index contributed by atoms with van der Waals surface area (Å²) >= 11 is 0. The van der Waals surface area contributed by atoms with E-state index in [0.29, 0.717) is 6.54 Å². The highest BCUT2D eigenvalue weighted by atomic mass is 35.5. The second-order valence-electron chi connectivity index (χ2n) is 6.10. The van der Waals surface area contributed by atoms with E-state index in [1.54, 1.807) is 12.1 Å². The van der Waals surface area contributed by atoms with Gasteiger partial charge in [-0.3, -0.25) is 9.59 Å². The zero-order chi connectivity index (χ0) is 17.2. The van der Waals surface area contributed by atoms with Crippen LogP contribution in [0.3, 0.4) is 0 Å². The third-order valence-corrected chi connectivity index (χ3v) is 3.69. The molecule has 0 atom stereocenters. The molecule has 2 aromatic carbocycles. The Morgan fingerprint density at radius 1 is 1.04 bits per heavy atom. The van der Waals surface area contributed by atoms with Crippen molar-refractivity contribution in [2.24, 2.45) is 5.73 Å². The predicted molar refractivity (Wildman–Crippen MR) is 95.9 cm³/mol. The number of fused-ring (bicyclic) bond motifs is 1. The van der Waals surface area contributed by atoms with E-state index in [9.17, 15) is 9.59 Å². The lowest BCUT2D eigenvalue weighted by Gasteiger charge is -2.25. The van der Waals surface area contributed by atoms with Crippen molar-refractivity contribution in [3.63, 3.8) is 0 Å². The van der Waals surface area contributed by atoms with Gasteiger partial charge in [-0.15, -0.1) is 12.4 Å². The largest absolute Gasteiger partial charge is 0.423 e. The molecule has 0 fully saturated rings. The number of benzene rings is 2. The van der Waals surface area contributed by atoms with Crippen LogP contribution in [0.5, 0.6) is 11.5 Å². The van der Waals surface area contributed by atoms with Crippen molar-refractivity contribution in [1.29, 1.82) is 0 Å². The lowest BCUT2D eigenvalue weighted by Crippen LogP contribution is -2.28.